The number of thiophene rings is 2. The Kier molecular flexibility index (Phi) is 12.2. The molecule has 334 valence electrons. The lowest BCUT2D eigenvalue weighted by molar-refractivity contribution is -0.385. The van der Waals surface area contributed by atoms with E-state index in [9.17, 15) is 29.8 Å². The number of fused-ring (bicyclic) bond motifs is 4. The smallest absolute Gasteiger partial charge is 0.270 e. The second kappa shape index (κ2) is 17.4. The molecular weight excluding hydrogens is 849 g/mol. The summed E-state index contributed by atoms with van der Waals surface area (Å²) in [4.78, 5) is 63.3. The van der Waals surface area contributed by atoms with Crippen molar-refractivity contribution in [1.82, 2.24) is 20.6 Å². The number of amides is 2. The van der Waals surface area contributed by atoms with E-state index in [2.05, 4.69) is 64.3 Å². The zero-order valence-corrected chi connectivity index (χ0v) is 38.5. The van der Waals surface area contributed by atoms with Crippen molar-refractivity contribution in [3.8, 4) is 0 Å². The summed E-state index contributed by atoms with van der Waals surface area (Å²) in [6.07, 6.45) is 5.71. The van der Waals surface area contributed by atoms with Gasteiger partial charge in [0.05, 0.1) is 37.7 Å². The van der Waals surface area contributed by atoms with E-state index in [0.29, 0.717) is 32.7 Å². The summed E-state index contributed by atoms with van der Waals surface area (Å²) in [5, 5.41) is 31.8. The van der Waals surface area contributed by atoms with Gasteiger partial charge in [0.15, 0.2) is 0 Å². The summed E-state index contributed by atoms with van der Waals surface area (Å²) in [6.45, 7) is 13.5. The molecule has 2 aromatic carbocycles. The highest BCUT2D eigenvalue weighted by molar-refractivity contribution is 7.20. The van der Waals surface area contributed by atoms with E-state index < -0.39 is 39.8 Å². The van der Waals surface area contributed by atoms with Gasteiger partial charge >= 0.3 is 0 Å². The first-order valence-electron chi connectivity index (χ1n) is 21.7. The van der Waals surface area contributed by atoms with Crippen LogP contribution in [0.25, 0.3) is 20.4 Å². The van der Waals surface area contributed by atoms with Gasteiger partial charge in [0, 0.05) is 53.0 Å². The first kappa shape index (κ1) is 44.9. The summed E-state index contributed by atoms with van der Waals surface area (Å²) >= 11 is 2.55. The Morgan fingerprint density at radius 2 is 1.19 bits per heavy atom. The maximum absolute atomic E-state index is 14.2. The van der Waals surface area contributed by atoms with Gasteiger partial charge in [-0.1, -0.05) is 59.7 Å². The Hall–Kier alpha value is -5.68. The SMILES string of the molecule is CC(C)(C)C1CCc2nc3sc(C(=O)N[C@H](CN)c4cc(C(N)[C@@H](NC(=O)c5cc6cc7c(nc6s5)CCC(C(C)(C)C)C7)c5ccc([N+](=O)[O-])cc5)cc([N+](=O)[O-])c4)cc3cc2C1. The van der Waals surface area contributed by atoms with Crippen LogP contribution < -0.4 is 22.1 Å². The lowest BCUT2D eigenvalue weighted by Crippen LogP contribution is -2.36. The summed E-state index contributed by atoms with van der Waals surface area (Å²) < 4.78 is 0. The number of benzene rings is 2. The Morgan fingerprint density at radius 1 is 0.703 bits per heavy atom. The van der Waals surface area contributed by atoms with Crippen molar-refractivity contribution in [3.05, 3.63) is 136 Å². The van der Waals surface area contributed by atoms with E-state index in [1.807, 2.05) is 12.1 Å². The minimum absolute atomic E-state index is 0.0873. The van der Waals surface area contributed by atoms with Gasteiger partial charge in [-0.3, -0.25) is 29.8 Å². The van der Waals surface area contributed by atoms with Gasteiger partial charge in [0.25, 0.3) is 23.2 Å². The van der Waals surface area contributed by atoms with Crippen LogP contribution in [0.3, 0.4) is 0 Å². The van der Waals surface area contributed by atoms with Crippen molar-refractivity contribution >= 4 is 66.3 Å². The average Bonchev–Trinajstić information content (AvgIpc) is 3.88. The van der Waals surface area contributed by atoms with Gasteiger partial charge in [-0.2, -0.15) is 0 Å². The fraction of sp³-hybridized carbons (Fsp3) is 0.417. The summed E-state index contributed by atoms with van der Waals surface area (Å²) in [6, 6.07) is 15.0. The highest BCUT2D eigenvalue weighted by Gasteiger charge is 2.33. The summed E-state index contributed by atoms with van der Waals surface area (Å²) in [5.74, 6) is 0.205. The number of non-ortho nitro benzene ring substituents is 2. The molecular formula is C48H54N8O6S2. The van der Waals surface area contributed by atoms with Gasteiger partial charge < -0.3 is 22.1 Å². The minimum Gasteiger partial charge on any atom is -0.343 e. The number of nitrogens with zero attached hydrogens (tertiary/aromatic N) is 4. The molecule has 0 radical (unpaired) electrons. The molecule has 6 aromatic rings. The molecule has 64 heavy (non-hydrogen) atoms. The predicted octanol–water partition coefficient (Wildman–Crippen LogP) is 9.63. The molecule has 16 heteroatoms. The van der Waals surface area contributed by atoms with Crippen LogP contribution in [0.15, 0.2) is 66.7 Å². The quantitative estimate of drug-likeness (QED) is 0.0712. The number of nitrogens with two attached hydrogens (primary N) is 2. The normalized spacial score (nSPS) is 17.9. The van der Waals surface area contributed by atoms with Crippen LogP contribution in [-0.2, 0) is 25.7 Å². The third-order valence-electron chi connectivity index (χ3n) is 13.3. The van der Waals surface area contributed by atoms with E-state index in [1.54, 1.807) is 6.07 Å². The molecule has 0 bridgehead atoms. The van der Waals surface area contributed by atoms with Crippen LogP contribution in [0.2, 0.25) is 0 Å². The van der Waals surface area contributed by atoms with Crippen LogP contribution in [0.4, 0.5) is 11.4 Å². The number of pyridine rings is 2. The van der Waals surface area contributed by atoms with Crippen molar-refractivity contribution in [2.75, 3.05) is 6.54 Å². The topological polar surface area (TPSA) is 222 Å². The van der Waals surface area contributed by atoms with Crippen LogP contribution in [0.5, 0.6) is 0 Å². The molecule has 6 N–H and O–H groups in total. The Labute approximate surface area is 379 Å². The van der Waals surface area contributed by atoms with E-state index >= 15 is 0 Å². The lowest BCUT2D eigenvalue weighted by atomic mass is 9.71. The number of nitrogens with one attached hydrogen (secondary N) is 2. The van der Waals surface area contributed by atoms with Crippen LogP contribution in [-0.4, -0.2) is 38.2 Å². The van der Waals surface area contributed by atoms with Gasteiger partial charge in [-0.05, 0) is 113 Å². The van der Waals surface area contributed by atoms with Gasteiger partial charge in [-0.25, -0.2) is 9.97 Å². The number of hydrogen-bond donors (Lipinski definition) is 4. The van der Waals surface area contributed by atoms with Crippen LogP contribution in [0, 0.1) is 42.9 Å². The van der Waals surface area contributed by atoms with Gasteiger partial charge in [0.1, 0.15) is 9.66 Å². The second-order valence-electron chi connectivity index (χ2n) is 19.5. The first-order chi connectivity index (χ1) is 30.2. The molecule has 0 spiro atoms. The molecule has 4 aromatic heterocycles. The molecule has 3 unspecified atom stereocenters. The average molecular weight is 903 g/mol. The van der Waals surface area contributed by atoms with E-state index in [1.165, 1.54) is 70.2 Å². The molecule has 2 aliphatic rings. The van der Waals surface area contributed by atoms with E-state index in [-0.39, 0.29) is 34.3 Å². The highest BCUT2D eigenvalue weighted by atomic mass is 32.1. The number of aryl methyl sites for hydroxylation is 2. The predicted molar refractivity (Wildman–Crippen MR) is 252 cm³/mol. The van der Waals surface area contributed by atoms with Crippen LogP contribution in [0.1, 0.15) is 131 Å². The van der Waals surface area contributed by atoms with Crippen molar-refractivity contribution in [3.63, 3.8) is 0 Å². The number of aromatic nitrogens is 2. The van der Waals surface area contributed by atoms with Crippen molar-refractivity contribution in [2.24, 2.45) is 34.1 Å². The molecule has 5 atom stereocenters. The third kappa shape index (κ3) is 9.27. The standard InChI is InChI=1S/C48H54N8O6S2/c1-47(2,3)32-9-13-36-26(18-32)16-30-22-39(63-45(30)52-36)43(57)51-38(24-49)28-15-29(21-35(20-28)56(61)62)41(50)42(25-7-11-34(12-8-25)55(59)60)54-44(58)40-23-31-17-27-19-33(48(4,5)6)10-14-37(27)53-46(31)64-40/h7-8,11-12,15-17,20-23,32-33,38,41-42H,9-10,13-14,18-19,24,49-50H2,1-6H3,(H,51,57)(H,54,58)/t32?,33?,38-,41?,42+/m1/s1. The second-order valence-corrected chi connectivity index (χ2v) is 21.6. The fourth-order valence-corrected chi connectivity index (χ4v) is 11.1. The number of rotatable bonds is 11. The van der Waals surface area contributed by atoms with Crippen molar-refractivity contribution in [1.29, 1.82) is 0 Å². The number of hydrogen-bond acceptors (Lipinski definition) is 12. The van der Waals surface area contributed by atoms with E-state index in [0.717, 1.165) is 70.3 Å². The molecule has 2 amide bonds. The summed E-state index contributed by atoms with van der Waals surface area (Å²) in [7, 11) is 0. The number of nitro groups is 2. The Bertz CT molecular complexity index is 2810. The maximum atomic E-state index is 14.2. The molecule has 0 aliphatic heterocycles. The molecule has 0 saturated heterocycles. The molecule has 0 saturated carbocycles. The number of nitro benzene ring substituents is 2. The fourth-order valence-electron chi connectivity index (χ4n) is 9.20. The molecule has 8 rings (SSSR count). The van der Waals surface area contributed by atoms with Gasteiger partial charge in [-0.15, -0.1) is 22.7 Å². The number of carbonyl (C=O) groups is 2. The lowest BCUT2D eigenvalue weighted by Gasteiger charge is -2.34. The minimum atomic E-state index is -1.09. The molecule has 14 nitrogen and oxygen atoms in total. The molecule has 4 heterocycles. The number of carbonyl (C=O) groups excluding carboxylic acids is 2. The van der Waals surface area contributed by atoms with Gasteiger partial charge in [0.2, 0.25) is 0 Å². The first-order valence-corrected chi connectivity index (χ1v) is 23.3. The third-order valence-corrected chi connectivity index (χ3v) is 15.3. The zero-order valence-electron chi connectivity index (χ0n) is 36.9. The Morgan fingerprint density at radius 3 is 1.66 bits per heavy atom. The Balaban J connectivity index is 1.08. The van der Waals surface area contributed by atoms with E-state index in [4.69, 9.17) is 21.4 Å². The van der Waals surface area contributed by atoms with Crippen LogP contribution >= 0.6 is 22.7 Å². The highest BCUT2D eigenvalue weighted by Crippen LogP contribution is 2.41. The molecule has 0 fully saturated rings. The monoisotopic (exact) mass is 902 g/mol. The summed E-state index contributed by atoms with van der Waals surface area (Å²) in [5.41, 5.74) is 18.7. The van der Waals surface area contributed by atoms with Crippen molar-refractivity contribution in [2.45, 2.75) is 98.2 Å². The largest absolute Gasteiger partial charge is 0.343 e. The van der Waals surface area contributed by atoms with Crippen molar-refractivity contribution < 1.29 is 19.4 Å². The maximum Gasteiger partial charge on any atom is 0.270 e. The molecule has 2 aliphatic carbocycles. The zero-order chi connectivity index (χ0) is 45.8.